The molecule has 0 aliphatic carbocycles. The highest BCUT2D eigenvalue weighted by atomic mass is 16.5. The molecule has 0 aliphatic heterocycles. The first-order chi connectivity index (χ1) is 14.7. The molecule has 0 spiro atoms. The molecule has 0 radical (unpaired) electrons. The maximum atomic E-state index is 7.38. The maximum Gasteiger partial charge on any atom is 0.146 e. The van der Waals surface area contributed by atoms with E-state index in [9.17, 15) is 0 Å². The van der Waals surface area contributed by atoms with Crippen molar-refractivity contribution in [3.8, 4) is 5.75 Å². The summed E-state index contributed by atoms with van der Waals surface area (Å²) in [6, 6.07) is 23.8. The lowest BCUT2D eigenvalue weighted by molar-refractivity contribution is 0.297. The Morgan fingerprint density at radius 1 is 1.07 bits per heavy atom. The minimum absolute atomic E-state index is 0.392. The van der Waals surface area contributed by atoms with E-state index in [0.717, 1.165) is 39.4 Å². The zero-order valence-electron chi connectivity index (χ0n) is 16.4. The second-order valence-corrected chi connectivity index (χ2v) is 6.83. The molecule has 3 aromatic carbocycles. The third kappa shape index (κ3) is 4.50. The van der Waals surface area contributed by atoms with Crippen LogP contribution in [0.5, 0.6) is 5.75 Å². The van der Waals surface area contributed by atoms with Crippen LogP contribution in [0.2, 0.25) is 0 Å². The Bertz CT molecular complexity index is 1160. The lowest BCUT2D eigenvalue weighted by Gasteiger charge is -2.08. The molecule has 4 rings (SSSR count). The van der Waals surface area contributed by atoms with Crippen molar-refractivity contribution in [3.63, 3.8) is 0 Å². The van der Waals surface area contributed by atoms with Crippen LogP contribution in [0.3, 0.4) is 0 Å². The third-order valence-corrected chi connectivity index (χ3v) is 4.77. The summed E-state index contributed by atoms with van der Waals surface area (Å²) < 4.78 is 5.76. The van der Waals surface area contributed by atoms with Crippen LogP contribution in [0.4, 0.5) is 5.69 Å². The normalized spacial score (nSPS) is 11.4. The molecule has 150 valence electrons. The standard InChI is InChI=1S/C24H23N5O/c25-13-19(14-26)18-8-6-17(7-9-18)15-27-20-10-11-22-23(12-20)29-24(28-22)16-30-21-4-2-1-3-5-21/h1-14,25,27H,15-16,26H2,(H,28,29)/b19-14+,25-13?. The fraction of sp³-hybridized carbons (Fsp3) is 0.0833. The number of aromatic nitrogens is 2. The van der Waals surface area contributed by atoms with E-state index in [1.165, 1.54) is 12.4 Å². The Labute approximate surface area is 174 Å². The SMILES string of the molecule is N=C/C(=C\N)c1ccc(CNc2ccc3nc(COc4ccccc4)[nH]c3c2)cc1. The van der Waals surface area contributed by atoms with E-state index in [-0.39, 0.29) is 0 Å². The molecule has 0 saturated carbocycles. The molecule has 1 heterocycles. The van der Waals surface area contributed by atoms with E-state index in [4.69, 9.17) is 15.9 Å². The third-order valence-electron chi connectivity index (χ3n) is 4.77. The monoisotopic (exact) mass is 397 g/mol. The lowest BCUT2D eigenvalue weighted by Crippen LogP contribution is -1.99. The summed E-state index contributed by atoms with van der Waals surface area (Å²) in [6.07, 6.45) is 2.70. The Balaban J connectivity index is 1.39. The minimum atomic E-state index is 0.392. The number of ether oxygens (including phenoxy) is 1. The highest BCUT2D eigenvalue weighted by molar-refractivity contribution is 6.08. The van der Waals surface area contributed by atoms with E-state index in [0.29, 0.717) is 18.7 Å². The topological polar surface area (TPSA) is 99.8 Å². The molecule has 30 heavy (non-hydrogen) atoms. The highest BCUT2D eigenvalue weighted by Gasteiger charge is 2.05. The molecular formula is C24H23N5O. The molecule has 0 amide bonds. The largest absolute Gasteiger partial charge is 0.486 e. The number of H-pyrrole nitrogens is 1. The van der Waals surface area contributed by atoms with Gasteiger partial charge in [0, 0.05) is 30.2 Å². The van der Waals surface area contributed by atoms with E-state index < -0.39 is 0 Å². The van der Waals surface area contributed by atoms with E-state index in [2.05, 4.69) is 15.3 Å². The quantitative estimate of drug-likeness (QED) is 0.324. The van der Waals surface area contributed by atoms with Crippen molar-refractivity contribution in [3.05, 3.63) is 95.9 Å². The van der Waals surface area contributed by atoms with Crippen molar-refractivity contribution in [2.24, 2.45) is 5.73 Å². The number of rotatable bonds is 8. The van der Waals surface area contributed by atoms with Gasteiger partial charge in [-0.15, -0.1) is 0 Å². The number of nitrogens with zero attached hydrogens (tertiary/aromatic N) is 1. The molecule has 0 bridgehead atoms. The Kier molecular flexibility index (Phi) is 5.75. The van der Waals surface area contributed by atoms with Crippen molar-refractivity contribution in [2.75, 3.05) is 5.32 Å². The first-order valence-corrected chi connectivity index (χ1v) is 9.67. The Morgan fingerprint density at radius 3 is 2.60 bits per heavy atom. The van der Waals surface area contributed by atoms with E-state index in [1.807, 2.05) is 72.8 Å². The molecule has 6 heteroatoms. The van der Waals surface area contributed by atoms with Crippen LogP contribution in [0.1, 0.15) is 17.0 Å². The van der Waals surface area contributed by atoms with Gasteiger partial charge in [-0.1, -0.05) is 42.5 Å². The van der Waals surface area contributed by atoms with Gasteiger partial charge in [-0.2, -0.15) is 0 Å². The van der Waals surface area contributed by atoms with Gasteiger partial charge in [0.15, 0.2) is 0 Å². The molecule has 5 N–H and O–H groups in total. The van der Waals surface area contributed by atoms with Gasteiger partial charge in [-0.25, -0.2) is 4.98 Å². The van der Waals surface area contributed by atoms with Crippen LogP contribution in [0, 0.1) is 5.41 Å². The van der Waals surface area contributed by atoms with Gasteiger partial charge in [-0.3, -0.25) is 0 Å². The fourth-order valence-electron chi connectivity index (χ4n) is 3.16. The van der Waals surface area contributed by atoms with Crippen LogP contribution >= 0.6 is 0 Å². The van der Waals surface area contributed by atoms with Crippen LogP contribution in [0.15, 0.2) is 79.0 Å². The molecule has 0 atom stereocenters. The smallest absolute Gasteiger partial charge is 0.146 e. The van der Waals surface area contributed by atoms with Gasteiger partial charge in [0.05, 0.1) is 11.0 Å². The fourth-order valence-corrected chi connectivity index (χ4v) is 3.16. The number of imidazole rings is 1. The Morgan fingerprint density at radius 2 is 1.87 bits per heavy atom. The number of nitrogens with two attached hydrogens (primary N) is 1. The van der Waals surface area contributed by atoms with Crippen molar-refractivity contribution >= 4 is 28.5 Å². The summed E-state index contributed by atoms with van der Waals surface area (Å²) in [6.45, 7) is 1.08. The van der Waals surface area contributed by atoms with E-state index in [1.54, 1.807) is 0 Å². The van der Waals surface area contributed by atoms with Gasteiger partial charge in [0.25, 0.3) is 0 Å². The van der Waals surface area contributed by atoms with E-state index >= 15 is 0 Å². The van der Waals surface area contributed by atoms with Crippen molar-refractivity contribution in [2.45, 2.75) is 13.2 Å². The number of para-hydroxylation sites is 1. The average Bonchev–Trinajstić information content (AvgIpc) is 3.21. The molecule has 6 nitrogen and oxygen atoms in total. The van der Waals surface area contributed by atoms with Crippen molar-refractivity contribution in [1.29, 1.82) is 5.41 Å². The summed E-state index contributed by atoms with van der Waals surface area (Å²) in [5.41, 5.74) is 11.2. The summed E-state index contributed by atoms with van der Waals surface area (Å²) >= 11 is 0. The molecule has 4 aromatic rings. The number of aromatic amines is 1. The first-order valence-electron chi connectivity index (χ1n) is 9.67. The molecular weight excluding hydrogens is 374 g/mol. The maximum absolute atomic E-state index is 7.38. The number of benzene rings is 3. The van der Waals surface area contributed by atoms with Gasteiger partial charge in [0.1, 0.15) is 18.2 Å². The van der Waals surface area contributed by atoms with Gasteiger partial charge >= 0.3 is 0 Å². The second-order valence-electron chi connectivity index (χ2n) is 6.83. The van der Waals surface area contributed by atoms with Crippen molar-refractivity contribution < 1.29 is 4.74 Å². The molecule has 0 aliphatic rings. The minimum Gasteiger partial charge on any atom is -0.486 e. The van der Waals surface area contributed by atoms with Crippen molar-refractivity contribution in [1.82, 2.24) is 9.97 Å². The number of hydrogen-bond donors (Lipinski definition) is 4. The highest BCUT2D eigenvalue weighted by Crippen LogP contribution is 2.20. The average molecular weight is 397 g/mol. The number of allylic oxidation sites excluding steroid dienone is 1. The number of anilines is 1. The molecule has 0 unspecified atom stereocenters. The summed E-state index contributed by atoms with van der Waals surface area (Å²) in [5.74, 6) is 1.61. The van der Waals surface area contributed by atoms with Crippen LogP contribution < -0.4 is 15.8 Å². The van der Waals surface area contributed by atoms with Crippen LogP contribution in [0.25, 0.3) is 16.6 Å². The predicted octanol–water partition coefficient (Wildman–Crippen LogP) is 4.70. The Hall–Kier alpha value is -4.06. The lowest BCUT2D eigenvalue weighted by atomic mass is 10.1. The number of nitrogens with one attached hydrogen (secondary N) is 3. The second kappa shape index (κ2) is 8.96. The summed E-state index contributed by atoms with van der Waals surface area (Å²) in [5, 5.41) is 10.8. The first kappa shape index (κ1) is 19.3. The van der Waals surface area contributed by atoms with Crippen LogP contribution in [-0.2, 0) is 13.2 Å². The summed E-state index contributed by atoms with van der Waals surface area (Å²) in [4.78, 5) is 7.91. The number of fused-ring (bicyclic) bond motifs is 1. The summed E-state index contributed by atoms with van der Waals surface area (Å²) in [7, 11) is 0. The number of hydrogen-bond acceptors (Lipinski definition) is 5. The molecule has 0 fully saturated rings. The van der Waals surface area contributed by atoms with Crippen LogP contribution in [-0.4, -0.2) is 16.2 Å². The van der Waals surface area contributed by atoms with Gasteiger partial charge < -0.3 is 26.2 Å². The molecule has 1 aromatic heterocycles. The van der Waals surface area contributed by atoms with Gasteiger partial charge in [-0.05, 0) is 41.5 Å². The molecule has 0 saturated heterocycles. The predicted molar refractivity (Wildman–Crippen MR) is 122 cm³/mol. The van der Waals surface area contributed by atoms with Gasteiger partial charge in [0.2, 0.25) is 0 Å². The zero-order valence-corrected chi connectivity index (χ0v) is 16.4. The zero-order chi connectivity index (χ0) is 20.8.